The van der Waals surface area contributed by atoms with Crippen LogP contribution in [0, 0.1) is 12.3 Å². The van der Waals surface area contributed by atoms with Gasteiger partial charge in [0.05, 0.1) is 12.6 Å². The quantitative estimate of drug-likeness (QED) is 0.691. The van der Waals surface area contributed by atoms with Crippen LogP contribution < -0.4 is 0 Å². The Bertz CT molecular complexity index is 394. The van der Waals surface area contributed by atoms with Gasteiger partial charge in [-0.15, -0.1) is 6.42 Å². The van der Waals surface area contributed by atoms with Crippen molar-refractivity contribution in [3.63, 3.8) is 0 Å². The molecule has 0 aromatic rings. The van der Waals surface area contributed by atoms with Crippen molar-refractivity contribution in [2.75, 3.05) is 19.6 Å². The van der Waals surface area contributed by atoms with Gasteiger partial charge in [0.2, 0.25) is 0 Å². The molecule has 2 rings (SSSR count). The Labute approximate surface area is 122 Å². The predicted molar refractivity (Wildman–Crippen MR) is 79.4 cm³/mol. The fourth-order valence-electron chi connectivity index (χ4n) is 3.31. The Balaban J connectivity index is 2.07. The molecule has 2 saturated heterocycles. The lowest BCUT2D eigenvalue weighted by Crippen LogP contribution is -2.47. The Kier molecular flexibility index (Phi) is 4.59. The number of nitrogens with zero attached hydrogens (tertiary/aromatic N) is 2. The van der Waals surface area contributed by atoms with Crippen LogP contribution in [0.15, 0.2) is 0 Å². The third-order valence-corrected chi connectivity index (χ3v) is 4.10. The molecule has 4 heteroatoms. The van der Waals surface area contributed by atoms with Crippen LogP contribution in [-0.4, -0.2) is 53.2 Å². The van der Waals surface area contributed by atoms with E-state index in [2.05, 4.69) is 10.8 Å². The third kappa shape index (κ3) is 3.46. The molecular formula is C16H26N2O2. The highest BCUT2D eigenvalue weighted by Gasteiger charge is 2.42. The molecule has 0 bridgehead atoms. The van der Waals surface area contributed by atoms with Gasteiger partial charge in [0, 0.05) is 12.6 Å². The molecule has 0 radical (unpaired) electrons. The number of ether oxygens (including phenoxy) is 1. The number of terminal acetylenes is 1. The van der Waals surface area contributed by atoms with Crippen LogP contribution in [-0.2, 0) is 4.74 Å². The van der Waals surface area contributed by atoms with Gasteiger partial charge in [0.15, 0.2) is 0 Å². The Morgan fingerprint density at radius 2 is 2.00 bits per heavy atom. The maximum absolute atomic E-state index is 12.3. The van der Waals surface area contributed by atoms with Gasteiger partial charge in [-0.1, -0.05) is 12.3 Å². The van der Waals surface area contributed by atoms with E-state index in [0.717, 1.165) is 38.8 Å². The fourth-order valence-corrected chi connectivity index (χ4v) is 3.31. The summed E-state index contributed by atoms with van der Waals surface area (Å²) in [7, 11) is 0. The molecule has 2 atom stereocenters. The van der Waals surface area contributed by atoms with Crippen molar-refractivity contribution in [1.82, 2.24) is 9.80 Å². The predicted octanol–water partition coefficient (Wildman–Crippen LogP) is 2.48. The summed E-state index contributed by atoms with van der Waals surface area (Å²) in [6.07, 6.45) is 9.68. The number of fused-ring (bicyclic) bond motifs is 1. The van der Waals surface area contributed by atoms with E-state index in [0.29, 0.717) is 12.6 Å². The monoisotopic (exact) mass is 278 g/mol. The van der Waals surface area contributed by atoms with Crippen molar-refractivity contribution in [3.05, 3.63) is 0 Å². The highest BCUT2D eigenvalue weighted by atomic mass is 16.6. The van der Waals surface area contributed by atoms with Crippen LogP contribution >= 0.6 is 0 Å². The van der Waals surface area contributed by atoms with E-state index in [1.54, 1.807) is 0 Å². The van der Waals surface area contributed by atoms with E-state index in [4.69, 9.17) is 11.2 Å². The molecule has 4 nitrogen and oxygen atoms in total. The Morgan fingerprint density at radius 3 is 2.65 bits per heavy atom. The first-order valence-electron chi connectivity index (χ1n) is 7.59. The molecule has 0 aliphatic carbocycles. The minimum absolute atomic E-state index is 0.174. The summed E-state index contributed by atoms with van der Waals surface area (Å²) in [5.41, 5.74) is -0.432. The summed E-state index contributed by atoms with van der Waals surface area (Å²) in [6, 6.07) is 0.668. The number of likely N-dealkylation sites (tertiary alicyclic amines) is 2. The lowest BCUT2D eigenvalue weighted by Gasteiger charge is -2.33. The first kappa shape index (κ1) is 15.2. The second-order valence-electron chi connectivity index (χ2n) is 6.77. The number of hydrogen-bond donors (Lipinski definition) is 0. The van der Waals surface area contributed by atoms with Crippen molar-refractivity contribution >= 4 is 6.09 Å². The zero-order chi connectivity index (χ0) is 14.8. The molecule has 0 spiro atoms. The summed E-state index contributed by atoms with van der Waals surface area (Å²) >= 11 is 0. The van der Waals surface area contributed by atoms with Crippen molar-refractivity contribution < 1.29 is 9.53 Å². The molecule has 20 heavy (non-hydrogen) atoms. The van der Waals surface area contributed by atoms with E-state index in [1.165, 1.54) is 0 Å². The lowest BCUT2D eigenvalue weighted by molar-refractivity contribution is 0.0191. The van der Waals surface area contributed by atoms with Crippen molar-refractivity contribution in [2.45, 2.75) is 64.1 Å². The van der Waals surface area contributed by atoms with Gasteiger partial charge >= 0.3 is 6.09 Å². The summed E-state index contributed by atoms with van der Waals surface area (Å²) in [4.78, 5) is 16.6. The topological polar surface area (TPSA) is 32.8 Å². The fraction of sp³-hybridized carbons (Fsp3) is 0.812. The van der Waals surface area contributed by atoms with Crippen LogP contribution in [0.3, 0.4) is 0 Å². The molecule has 2 unspecified atom stereocenters. The Morgan fingerprint density at radius 1 is 1.25 bits per heavy atom. The zero-order valence-electron chi connectivity index (χ0n) is 12.9. The summed E-state index contributed by atoms with van der Waals surface area (Å²) in [5, 5.41) is 0. The van der Waals surface area contributed by atoms with E-state index in [-0.39, 0.29) is 12.1 Å². The minimum Gasteiger partial charge on any atom is -0.444 e. The van der Waals surface area contributed by atoms with Gasteiger partial charge in [0.1, 0.15) is 5.60 Å². The van der Waals surface area contributed by atoms with Crippen molar-refractivity contribution in [1.29, 1.82) is 0 Å². The first-order chi connectivity index (χ1) is 9.42. The highest BCUT2D eigenvalue weighted by Crippen LogP contribution is 2.31. The molecule has 0 saturated carbocycles. The third-order valence-electron chi connectivity index (χ3n) is 4.10. The molecule has 2 heterocycles. The van der Waals surface area contributed by atoms with E-state index in [1.807, 2.05) is 25.7 Å². The lowest BCUT2D eigenvalue weighted by atomic mass is 10.0. The molecule has 0 aromatic carbocycles. The number of rotatable bonds is 1. The normalized spacial score (nSPS) is 27.6. The SMILES string of the molecule is C#CCN1CCCCC2C1CCN2C(=O)OC(C)(C)C. The number of carbonyl (C=O) groups is 1. The van der Waals surface area contributed by atoms with Gasteiger partial charge in [-0.2, -0.15) is 0 Å². The van der Waals surface area contributed by atoms with Gasteiger partial charge in [-0.05, 0) is 46.6 Å². The van der Waals surface area contributed by atoms with Gasteiger partial charge < -0.3 is 9.64 Å². The van der Waals surface area contributed by atoms with Crippen LogP contribution in [0.4, 0.5) is 4.79 Å². The summed E-state index contributed by atoms with van der Waals surface area (Å²) < 4.78 is 5.53. The molecule has 2 fully saturated rings. The van der Waals surface area contributed by atoms with Crippen LogP contribution in [0.2, 0.25) is 0 Å². The average molecular weight is 278 g/mol. The van der Waals surface area contributed by atoms with Crippen LogP contribution in [0.5, 0.6) is 0 Å². The number of hydrogen-bond acceptors (Lipinski definition) is 3. The molecule has 2 aliphatic heterocycles. The summed E-state index contributed by atoms with van der Waals surface area (Å²) in [6.45, 7) is 8.25. The molecule has 2 aliphatic rings. The van der Waals surface area contributed by atoms with Gasteiger partial charge in [0.25, 0.3) is 0 Å². The first-order valence-corrected chi connectivity index (χ1v) is 7.59. The average Bonchev–Trinajstić information content (AvgIpc) is 2.66. The molecule has 0 N–H and O–H groups in total. The molecular weight excluding hydrogens is 252 g/mol. The van der Waals surface area contributed by atoms with Crippen molar-refractivity contribution in [2.24, 2.45) is 0 Å². The largest absolute Gasteiger partial charge is 0.444 e. The maximum Gasteiger partial charge on any atom is 0.410 e. The molecule has 112 valence electrons. The van der Waals surface area contributed by atoms with E-state index >= 15 is 0 Å². The molecule has 0 aromatic heterocycles. The number of amides is 1. The van der Waals surface area contributed by atoms with E-state index < -0.39 is 5.60 Å². The van der Waals surface area contributed by atoms with Gasteiger partial charge in [-0.25, -0.2) is 4.79 Å². The van der Waals surface area contributed by atoms with Crippen molar-refractivity contribution in [3.8, 4) is 12.3 Å². The minimum atomic E-state index is -0.432. The summed E-state index contributed by atoms with van der Waals surface area (Å²) in [5.74, 6) is 2.75. The van der Waals surface area contributed by atoms with Gasteiger partial charge in [-0.3, -0.25) is 4.90 Å². The zero-order valence-corrected chi connectivity index (χ0v) is 12.9. The standard InChI is InChI=1S/C16H26N2O2/c1-5-10-17-11-7-6-8-14-13(17)9-12-18(14)15(19)20-16(2,3)4/h1,13-14H,6-12H2,2-4H3. The van der Waals surface area contributed by atoms with E-state index in [9.17, 15) is 4.79 Å². The maximum atomic E-state index is 12.3. The Hall–Kier alpha value is -1.21. The molecule has 1 amide bonds. The second-order valence-corrected chi connectivity index (χ2v) is 6.77. The second kappa shape index (κ2) is 6.05. The highest BCUT2D eigenvalue weighted by molar-refractivity contribution is 5.69. The smallest absolute Gasteiger partial charge is 0.410 e. The number of carbonyl (C=O) groups excluding carboxylic acids is 1. The van der Waals surface area contributed by atoms with Crippen LogP contribution in [0.25, 0.3) is 0 Å². The van der Waals surface area contributed by atoms with Crippen LogP contribution in [0.1, 0.15) is 46.5 Å².